The Balaban J connectivity index is 2.35. The van der Waals surface area contributed by atoms with Crippen molar-refractivity contribution in [2.75, 3.05) is 31.7 Å². The number of alkyl halides is 3. The zero-order valence-corrected chi connectivity index (χ0v) is 11.4. The molecule has 2 amide bonds. The molecule has 0 aliphatic heterocycles. The summed E-state index contributed by atoms with van der Waals surface area (Å²) < 4.78 is 45.3. The van der Waals surface area contributed by atoms with Crippen LogP contribution in [-0.2, 0) is 4.74 Å². The van der Waals surface area contributed by atoms with E-state index in [1.54, 1.807) is 0 Å². The number of nitrogens with zero attached hydrogens (tertiary/aromatic N) is 1. The first-order valence-electron chi connectivity index (χ1n) is 6.19. The van der Waals surface area contributed by atoms with E-state index in [-0.39, 0.29) is 5.88 Å². The Labute approximate surface area is 119 Å². The third-order valence-corrected chi connectivity index (χ3v) is 2.11. The Morgan fingerprint density at radius 3 is 2.71 bits per heavy atom. The highest BCUT2D eigenvalue weighted by atomic mass is 19.4. The minimum atomic E-state index is -4.42. The molecule has 1 rings (SSSR count). The minimum absolute atomic E-state index is 0.172. The smallest absolute Gasteiger partial charge is 0.422 e. The van der Waals surface area contributed by atoms with Crippen molar-refractivity contribution in [2.24, 2.45) is 0 Å². The van der Waals surface area contributed by atoms with Crippen molar-refractivity contribution in [1.29, 1.82) is 0 Å². The van der Waals surface area contributed by atoms with Gasteiger partial charge in [-0.2, -0.15) is 13.2 Å². The van der Waals surface area contributed by atoms with Gasteiger partial charge in [0.1, 0.15) is 0 Å². The number of halogens is 3. The van der Waals surface area contributed by atoms with Gasteiger partial charge in [0, 0.05) is 19.2 Å². The molecule has 0 radical (unpaired) electrons. The number of carbonyl (C=O) groups excluding carboxylic acids is 1. The molecule has 1 aromatic heterocycles. The van der Waals surface area contributed by atoms with E-state index in [9.17, 15) is 18.0 Å². The predicted octanol–water partition coefficient (Wildman–Crippen LogP) is 2.18. The monoisotopic (exact) mass is 307 g/mol. The van der Waals surface area contributed by atoms with Crippen LogP contribution in [0.4, 0.5) is 23.7 Å². The molecule has 0 spiro atoms. The Morgan fingerprint density at radius 1 is 1.38 bits per heavy atom. The van der Waals surface area contributed by atoms with Gasteiger partial charge in [-0.3, -0.25) is 0 Å². The van der Waals surface area contributed by atoms with Gasteiger partial charge in [-0.15, -0.1) is 0 Å². The van der Waals surface area contributed by atoms with Crippen molar-refractivity contribution < 1.29 is 27.4 Å². The molecular weight excluding hydrogens is 291 g/mol. The van der Waals surface area contributed by atoms with Crippen LogP contribution in [0.15, 0.2) is 18.3 Å². The quantitative estimate of drug-likeness (QED) is 0.757. The first-order chi connectivity index (χ1) is 9.90. The Kier molecular flexibility index (Phi) is 6.73. The molecule has 0 aliphatic rings. The van der Waals surface area contributed by atoms with Gasteiger partial charge in [0.25, 0.3) is 0 Å². The second-order valence-electron chi connectivity index (χ2n) is 3.87. The molecule has 1 heterocycles. The first kappa shape index (κ1) is 17.0. The van der Waals surface area contributed by atoms with Crippen molar-refractivity contribution in [2.45, 2.75) is 13.1 Å². The third-order valence-electron chi connectivity index (χ3n) is 2.11. The molecule has 118 valence electrons. The second-order valence-corrected chi connectivity index (χ2v) is 3.87. The van der Waals surface area contributed by atoms with Gasteiger partial charge in [-0.1, -0.05) is 0 Å². The number of urea groups is 1. The normalized spacial score (nSPS) is 11.0. The zero-order chi connectivity index (χ0) is 15.7. The van der Waals surface area contributed by atoms with Crippen molar-refractivity contribution in [3.8, 4) is 5.88 Å². The molecule has 0 bridgehead atoms. The molecule has 0 atom stereocenters. The number of rotatable bonds is 7. The van der Waals surface area contributed by atoms with Gasteiger partial charge in [-0.05, 0) is 13.0 Å². The summed E-state index contributed by atoms with van der Waals surface area (Å²) in [6, 6.07) is 2.17. The summed E-state index contributed by atoms with van der Waals surface area (Å²) in [6.07, 6.45) is -3.22. The fourth-order valence-electron chi connectivity index (χ4n) is 1.25. The lowest BCUT2D eigenvalue weighted by atomic mass is 10.4. The molecule has 1 aromatic rings. The van der Waals surface area contributed by atoms with Gasteiger partial charge in [0.15, 0.2) is 6.61 Å². The van der Waals surface area contributed by atoms with E-state index < -0.39 is 18.8 Å². The number of anilines is 1. The van der Waals surface area contributed by atoms with Crippen LogP contribution >= 0.6 is 0 Å². The number of amides is 2. The molecule has 0 aromatic carbocycles. The number of pyridine rings is 1. The predicted molar refractivity (Wildman–Crippen MR) is 69.3 cm³/mol. The van der Waals surface area contributed by atoms with Crippen molar-refractivity contribution in [1.82, 2.24) is 10.3 Å². The van der Waals surface area contributed by atoms with Gasteiger partial charge in [0.2, 0.25) is 5.88 Å². The molecule has 9 heteroatoms. The van der Waals surface area contributed by atoms with Crippen LogP contribution in [0.25, 0.3) is 0 Å². The molecule has 2 N–H and O–H groups in total. The zero-order valence-electron chi connectivity index (χ0n) is 11.4. The largest absolute Gasteiger partial charge is 0.468 e. The van der Waals surface area contributed by atoms with Gasteiger partial charge < -0.3 is 20.1 Å². The summed E-state index contributed by atoms with van der Waals surface area (Å²) in [6.45, 7) is 1.73. The lowest BCUT2D eigenvalue weighted by molar-refractivity contribution is -0.154. The van der Waals surface area contributed by atoms with E-state index in [0.29, 0.717) is 25.4 Å². The Morgan fingerprint density at radius 2 is 2.14 bits per heavy atom. The highest BCUT2D eigenvalue weighted by molar-refractivity contribution is 5.88. The summed E-state index contributed by atoms with van der Waals surface area (Å²) in [5, 5.41) is 5.02. The summed E-state index contributed by atoms with van der Waals surface area (Å²) in [5.41, 5.74) is 0.336. The number of carbonyl (C=O) groups is 1. The average molecular weight is 307 g/mol. The van der Waals surface area contributed by atoms with Crippen LogP contribution in [0.2, 0.25) is 0 Å². The van der Waals surface area contributed by atoms with Crippen LogP contribution in [0.5, 0.6) is 5.88 Å². The number of hydrogen-bond donors (Lipinski definition) is 2. The highest BCUT2D eigenvalue weighted by Crippen LogP contribution is 2.17. The van der Waals surface area contributed by atoms with Crippen molar-refractivity contribution >= 4 is 11.7 Å². The second kappa shape index (κ2) is 8.30. The number of nitrogens with one attached hydrogen (secondary N) is 2. The van der Waals surface area contributed by atoms with Gasteiger partial charge >= 0.3 is 12.2 Å². The number of aromatic nitrogens is 1. The highest BCUT2D eigenvalue weighted by Gasteiger charge is 2.28. The topological polar surface area (TPSA) is 72.5 Å². The van der Waals surface area contributed by atoms with Crippen LogP contribution in [0.3, 0.4) is 0 Å². The standard InChI is InChI=1S/C12H16F3N3O3/c1-2-20-6-5-16-11(19)18-9-3-4-10(17-7-9)21-8-12(13,14)15/h3-4,7H,2,5-6,8H2,1H3,(H2,16,18,19). The van der Waals surface area contributed by atoms with Crippen LogP contribution in [-0.4, -0.2) is 43.6 Å². The molecule has 0 fully saturated rings. The van der Waals surface area contributed by atoms with Crippen LogP contribution in [0.1, 0.15) is 6.92 Å². The van der Waals surface area contributed by atoms with E-state index >= 15 is 0 Å². The lowest BCUT2D eigenvalue weighted by Crippen LogP contribution is -2.31. The third kappa shape index (κ3) is 7.98. The lowest BCUT2D eigenvalue weighted by Gasteiger charge is -2.09. The fourth-order valence-corrected chi connectivity index (χ4v) is 1.25. The van der Waals surface area contributed by atoms with E-state index in [4.69, 9.17) is 4.74 Å². The maximum Gasteiger partial charge on any atom is 0.422 e. The maximum absolute atomic E-state index is 11.9. The minimum Gasteiger partial charge on any atom is -0.468 e. The molecule has 0 unspecified atom stereocenters. The number of ether oxygens (including phenoxy) is 2. The maximum atomic E-state index is 11.9. The fraction of sp³-hybridized carbons (Fsp3) is 0.500. The Bertz CT molecular complexity index is 438. The summed E-state index contributed by atoms with van der Waals surface area (Å²) in [7, 11) is 0. The Hall–Kier alpha value is -2.03. The first-order valence-corrected chi connectivity index (χ1v) is 6.19. The molecule has 0 saturated heterocycles. The van der Waals surface area contributed by atoms with E-state index in [0.717, 1.165) is 0 Å². The average Bonchev–Trinajstić information content (AvgIpc) is 2.42. The SMILES string of the molecule is CCOCCNC(=O)Nc1ccc(OCC(F)(F)F)nc1. The van der Waals surface area contributed by atoms with Gasteiger partial charge in [0.05, 0.1) is 18.5 Å². The molecule has 0 saturated carbocycles. The van der Waals surface area contributed by atoms with E-state index in [2.05, 4.69) is 20.4 Å². The van der Waals surface area contributed by atoms with Crippen LogP contribution in [0, 0.1) is 0 Å². The summed E-state index contributed by atoms with van der Waals surface area (Å²) in [4.78, 5) is 15.1. The van der Waals surface area contributed by atoms with Crippen molar-refractivity contribution in [3.63, 3.8) is 0 Å². The van der Waals surface area contributed by atoms with Gasteiger partial charge in [-0.25, -0.2) is 9.78 Å². The molecule has 6 nitrogen and oxygen atoms in total. The number of hydrogen-bond acceptors (Lipinski definition) is 4. The van der Waals surface area contributed by atoms with Crippen molar-refractivity contribution in [3.05, 3.63) is 18.3 Å². The van der Waals surface area contributed by atoms with Crippen LogP contribution < -0.4 is 15.4 Å². The molecule has 21 heavy (non-hydrogen) atoms. The summed E-state index contributed by atoms with van der Waals surface area (Å²) in [5.74, 6) is -0.172. The van der Waals surface area contributed by atoms with E-state index in [1.165, 1.54) is 18.3 Å². The summed E-state index contributed by atoms with van der Waals surface area (Å²) >= 11 is 0. The molecular formula is C12H16F3N3O3. The molecule has 0 aliphatic carbocycles. The van der Waals surface area contributed by atoms with E-state index in [1.807, 2.05) is 6.92 Å².